The molecule has 1 atom stereocenters. The van der Waals surface area contributed by atoms with Crippen LogP contribution in [0.1, 0.15) is 11.6 Å². The summed E-state index contributed by atoms with van der Waals surface area (Å²) in [5, 5.41) is 12.0. The lowest BCUT2D eigenvalue weighted by Crippen LogP contribution is -2.49. The smallest absolute Gasteiger partial charge is 0.325 e. The molecule has 162 valence electrons. The summed E-state index contributed by atoms with van der Waals surface area (Å²) < 4.78 is 0. The number of benzene rings is 3. The molecule has 5 nitrogen and oxygen atoms in total. The molecule has 2 heterocycles. The van der Waals surface area contributed by atoms with Crippen molar-refractivity contribution in [3.8, 4) is 11.3 Å². The van der Waals surface area contributed by atoms with Crippen LogP contribution in [0.4, 0.5) is 5.69 Å². The van der Waals surface area contributed by atoms with E-state index in [2.05, 4.69) is 14.8 Å². The van der Waals surface area contributed by atoms with Gasteiger partial charge >= 0.3 is 5.97 Å². The van der Waals surface area contributed by atoms with E-state index in [1.54, 1.807) is 0 Å². The number of carboxylic acid groups (broad SMARTS) is 1. The van der Waals surface area contributed by atoms with E-state index < -0.39 is 12.0 Å². The maximum Gasteiger partial charge on any atom is 0.325 e. The van der Waals surface area contributed by atoms with Crippen LogP contribution in [0, 0.1) is 0 Å². The molecular weight excluding hydrogens is 422 g/mol. The predicted molar refractivity (Wildman–Crippen MR) is 129 cm³/mol. The maximum atomic E-state index is 12.6. The minimum atomic E-state index is -0.830. The third kappa shape index (κ3) is 3.85. The number of aliphatic carboxylic acids is 1. The van der Waals surface area contributed by atoms with Crippen molar-refractivity contribution in [3.63, 3.8) is 0 Å². The summed E-state index contributed by atoms with van der Waals surface area (Å²) in [5.41, 5.74) is 4.71. The number of H-pyrrole nitrogens is 1. The second kappa shape index (κ2) is 8.69. The number of hydrogen-bond acceptors (Lipinski definition) is 3. The highest BCUT2D eigenvalue weighted by atomic mass is 35.5. The Balaban J connectivity index is 1.51. The average molecular weight is 446 g/mol. The molecule has 1 aliphatic rings. The van der Waals surface area contributed by atoms with E-state index in [-0.39, 0.29) is 0 Å². The molecule has 1 unspecified atom stereocenters. The van der Waals surface area contributed by atoms with Crippen LogP contribution in [0.2, 0.25) is 5.02 Å². The van der Waals surface area contributed by atoms with Crippen molar-refractivity contribution in [1.29, 1.82) is 0 Å². The highest BCUT2D eigenvalue weighted by Crippen LogP contribution is 2.38. The van der Waals surface area contributed by atoms with Gasteiger partial charge in [0.05, 0.1) is 5.69 Å². The van der Waals surface area contributed by atoms with Crippen molar-refractivity contribution in [2.75, 3.05) is 31.1 Å². The van der Waals surface area contributed by atoms with E-state index in [9.17, 15) is 9.90 Å². The van der Waals surface area contributed by atoms with Gasteiger partial charge in [-0.15, -0.1) is 0 Å². The summed E-state index contributed by atoms with van der Waals surface area (Å²) in [5.74, 6) is -0.830. The minimum Gasteiger partial charge on any atom is -0.480 e. The fraction of sp³-hybridized carbons (Fsp3) is 0.192. The second-order valence-electron chi connectivity index (χ2n) is 8.07. The predicted octanol–water partition coefficient (Wildman–Crippen LogP) is 5.44. The Kier molecular flexibility index (Phi) is 5.60. The van der Waals surface area contributed by atoms with Crippen molar-refractivity contribution in [2.24, 2.45) is 0 Å². The number of fused-ring (bicyclic) bond motifs is 1. The van der Waals surface area contributed by atoms with Gasteiger partial charge in [0.25, 0.3) is 0 Å². The van der Waals surface area contributed by atoms with Gasteiger partial charge in [0, 0.05) is 53.4 Å². The molecule has 0 saturated carbocycles. The lowest BCUT2D eigenvalue weighted by atomic mass is 9.97. The van der Waals surface area contributed by atoms with Crippen molar-refractivity contribution >= 4 is 34.2 Å². The number of anilines is 1. The van der Waals surface area contributed by atoms with Gasteiger partial charge in [-0.1, -0.05) is 66.2 Å². The standard InChI is InChI=1S/C26H24ClN3O2/c27-19-9-6-10-20(17-19)29-13-15-30(16-14-29)25(26(31)32)23-21-11-4-5-12-22(21)28-24(23)18-7-2-1-3-8-18/h1-12,17,25,28H,13-16H2,(H,31,32). The van der Waals surface area contributed by atoms with Crippen LogP contribution in [0.25, 0.3) is 22.2 Å². The van der Waals surface area contributed by atoms with E-state index in [1.165, 1.54) is 0 Å². The Labute approximate surface area is 191 Å². The number of rotatable bonds is 5. The van der Waals surface area contributed by atoms with Crippen LogP contribution in [0.5, 0.6) is 0 Å². The van der Waals surface area contributed by atoms with E-state index in [0.717, 1.165) is 46.5 Å². The van der Waals surface area contributed by atoms with Crippen LogP contribution in [-0.4, -0.2) is 47.1 Å². The van der Waals surface area contributed by atoms with E-state index in [0.29, 0.717) is 18.1 Å². The molecule has 1 aromatic heterocycles. The number of aromatic amines is 1. The van der Waals surface area contributed by atoms with Gasteiger partial charge < -0.3 is 15.0 Å². The molecule has 0 spiro atoms. The minimum absolute atomic E-state index is 0.650. The van der Waals surface area contributed by atoms with Crippen molar-refractivity contribution in [2.45, 2.75) is 6.04 Å². The molecule has 1 aliphatic heterocycles. The normalized spacial score (nSPS) is 15.7. The van der Waals surface area contributed by atoms with Crippen molar-refractivity contribution in [1.82, 2.24) is 9.88 Å². The summed E-state index contributed by atoms with van der Waals surface area (Å²) in [6, 6.07) is 25.0. The molecule has 2 N–H and O–H groups in total. The third-order valence-corrected chi connectivity index (χ3v) is 6.40. The molecule has 5 rings (SSSR count). The molecule has 0 radical (unpaired) electrons. The molecule has 1 saturated heterocycles. The van der Waals surface area contributed by atoms with Crippen molar-refractivity contribution in [3.05, 3.63) is 89.4 Å². The highest BCUT2D eigenvalue weighted by Gasteiger charge is 2.34. The first-order valence-electron chi connectivity index (χ1n) is 10.8. The number of carboxylic acids is 1. The summed E-state index contributed by atoms with van der Waals surface area (Å²) in [6.07, 6.45) is 0. The SMILES string of the molecule is O=C(O)C(c1c(-c2ccccc2)[nH]c2ccccc12)N1CCN(c2cccc(Cl)c2)CC1. The molecule has 0 amide bonds. The summed E-state index contributed by atoms with van der Waals surface area (Å²) in [4.78, 5) is 20.4. The van der Waals surface area contributed by atoms with Crippen molar-refractivity contribution < 1.29 is 9.90 Å². The maximum absolute atomic E-state index is 12.6. The van der Waals surface area contributed by atoms with Crippen LogP contribution < -0.4 is 4.90 Å². The highest BCUT2D eigenvalue weighted by molar-refractivity contribution is 6.30. The lowest BCUT2D eigenvalue weighted by molar-refractivity contribution is -0.143. The number of para-hydroxylation sites is 1. The fourth-order valence-electron chi connectivity index (χ4n) is 4.65. The monoisotopic (exact) mass is 445 g/mol. The molecule has 4 aromatic rings. The Hall–Kier alpha value is -3.28. The van der Waals surface area contributed by atoms with Gasteiger partial charge in [0.15, 0.2) is 0 Å². The summed E-state index contributed by atoms with van der Waals surface area (Å²) in [7, 11) is 0. The first-order chi connectivity index (χ1) is 15.6. The zero-order valence-corrected chi connectivity index (χ0v) is 18.3. The molecule has 6 heteroatoms. The van der Waals surface area contributed by atoms with Gasteiger partial charge in [0.1, 0.15) is 6.04 Å². The zero-order chi connectivity index (χ0) is 22.1. The number of piperazine rings is 1. The van der Waals surface area contributed by atoms with Crippen LogP contribution in [-0.2, 0) is 4.79 Å². The van der Waals surface area contributed by atoms with Crippen LogP contribution in [0.3, 0.4) is 0 Å². The molecule has 0 aliphatic carbocycles. The Bertz CT molecular complexity index is 1250. The average Bonchev–Trinajstić information content (AvgIpc) is 3.19. The van der Waals surface area contributed by atoms with Gasteiger partial charge in [-0.2, -0.15) is 0 Å². The topological polar surface area (TPSA) is 59.6 Å². The summed E-state index contributed by atoms with van der Waals surface area (Å²) >= 11 is 6.17. The Morgan fingerprint density at radius 3 is 2.34 bits per heavy atom. The number of halogens is 1. The second-order valence-corrected chi connectivity index (χ2v) is 8.51. The largest absolute Gasteiger partial charge is 0.480 e. The number of hydrogen-bond donors (Lipinski definition) is 2. The Morgan fingerprint density at radius 2 is 1.62 bits per heavy atom. The molecular formula is C26H24ClN3O2. The lowest BCUT2D eigenvalue weighted by Gasteiger charge is -2.39. The van der Waals surface area contributed by atoms with E-state index >= 15 is 0 Å². The third-order valence-electron chi connectivity index (χ3n) is 6.17. The molecule has 32 heavy (non-hydrogen) atoms. The number of carbonyl (C=O) groups is 1. The van der Waals surface area contributed by atoms with Gasteiger partial charge in [0.2, 0.25) is 0 Å². The number of nitrogens with zero attached hydrogens (tertiary/aromatic N) is 2. The summed E-state index contributed by atoms with van der Waals surface area (Å²) in [6.45, 7) is 2.79. The fourth-order valence-corrected chi connectivity index (χ4v) is 4.84. The Morgan fingerprint density at radius 1 is 0.906 bits per heavy atom. The van der Waals surface area contributed by atoms with Crippen LogP contribution >= 0.6 is 11.6 Å². The zero-order valence-electron chi connectivity index (χ0n) is 17.5. The van der Waals surface area contributed by atoms with Gasteiger partial charge in [-0.25, -0.2) is 0 Å². The number of nitrogens with one attached hydrogen (secondary N) is 1. The van der Waals surface area contributed by atoms with E-state index in [1.807, 2.05) is 78.9 Å². The molecule has 0 bridgehead atoms. The quantitative estimate of drug-likeness (QED) is 0.429. The first-order valence-corrected chi connectivity index (χ1v) is 11.1. The number of aromatic nitrogens is 1. The van der Waals surface area contributed by atoms with Gasteiger partial charge in [-0.05, 0) is 29.8 Å². The molecule has 3 aromatic carbocycles. The van der Waals surface area contributed by atoms with Gasteiger partial charge in [-0.3, -0.25) is 9.69 Å². The first kappa shape index (κ1) is 20.6. The van der Waals surface area contributed by atoms with E-state index in [4.69, 9.17) is 11.6 Å². The van der Waals surface area contributed by atoms with Crippen LogP contribution in [0.15, 0.2) is 78.9 Å². The molecule has 1 fully saturated rings.